The molecule has 2 nitrogen and oxygen atoms in total. The minimum absolute atomic E-state index is 0.0850. The number of benzene rings is 11. The highest BCUT2D eigenvalue weighted by Crippen LogP contribution is 2.51. The Morgan fingerprint density at radius 2 is 0.474 bits per heavy atom. The maximum absolute atomic E-state index is 5.81. The Kier molecular flexibility index (Phi) is 10.6. The lowest BCUT2D eigenvalue weighted by atomic mass is 9.81. The minimum atomic E-state index is -0.0850. The lowest BCUT2D eigenvalue weighted by Gasteiger charge is -2.22. The van der Waals surface area contributed by atoms with Gasteiger partial charge in [0.25, 0.3) is 0 Å². The number of aromatic nitrogens is 2. The first-order valence-corrected chi connectivity index (χ1v) is 26.5. The minimum Gasteiger partial charge on any atom is -0.243 e. The van der Waals surface area contributed by atoms with Crippen LogP contribution in [0.4, 0.5) is 0 Å². The fourth-order valence-corrected chi connectivity index (χ4v) is 12.4. The second-order valence-electron chi connectivity index (χ2n) is 21.7. The predicted molar refractivity (Wildman–Crippen MR) is 318 cm³/mol. The summed E-state index contributed by atoms with van der Waals surface area (Å²) in [4.78, 5) is 11.6. The lowest BCUT2D eigenvalue weighted by Crippen LogP contribution is -2.14. The van der Waals surface area contributed by atoms with Crippen molar-refractivity contribution in [3.05, 3.63) is 277 Å². The fourth-order valence-electron chi connectivity index (χ4n) is 12.4. The first-order chi connectivity index (χ1) is 37.2. The third kappa shape index (κ3) is 7.47. The molecule has 0 radical (unpaired) electrons. The quantitative estimate of drug-likeness (QED) is 0.152. The van der Waals surface area contributed by atoms with Gasteiger partial charge >= 0.3 is 0 Å². The second kappa shape index (κ2) is 17.7. The molecule has 11 aromatic carbocycles. The van der Waals surface area contributed by atoms with Crippen LogP contribution in [-0.2, 0) is 10.8 Å². The molecule has 0 fully saturated rings. The van der Waals surface area contributed by atoms with Gasteiger partial charge in [-0.25, -0.2) is 9.97 Å². The van der Waals surface area contributed by atoms with E-state index in [0.29, 0.717) is 0 Å². The second-order valence-corrected chi connectivity index (χ2v) is 21.7. The van der Waals surface area contributed by atoms with Gasteiger partial charge in [-0.2, -0.15) is 0 Å². The Hall–Kier alpha value is -9.24. The summed E-state index contributed by atoms with van der Waals surface area (Å²) < 4.78 is 0. The first-order valence-electron chi connectivity index (χ1n) is 26.5. The third-order valence-corrected chi connectivity index (χ3v) is 16.6. The molecule has 0 spiro atoms. The molecule has 0 saturated carbocycles. The van der Waals surface area contributed by atoms with Crippen molar-refractivity contribution >= 4 is 11.0 Å². The molecule has 14 rings (SSSR count). The van der Waals surface area contributed by atoms with Crippen LogP contribution in [0.3, 0.4) is 0 Å². The predicted octanol–water partition coefficient (Wildman–Crippen LogP) is 19.6. The molecule has 360 valence electrons. The zero-order valence-corrected chi connectivity index (χ0v) is 43.1. The van der Waals surface area contributed by atoms with Gasteiger partial charge in [-0.05, 0) is 112 Å². The summed E-state index contributed by atoms with van der Waals surface area (Å²) in [6.07, 6.45) is 0. The molecule has 0 aliphatic heterocycles. The lowest BCUT2D eigenvalue weighted by molar-refractivity contribution is 0.660. The normalized spacial score (nSPS) is 13.5. The van der Waals surface area contributed by atoms with E-state index in [1.807, 2.05) is 0 Å². The van der Waals surface area contributed by atoms with Crippen LogP contribution in [0, 0.1) is 0 Å². The van der Waals surface area contributed by atoms with E-state index in [-0.39, 0.29) is 10.8 Å². The molecule has 1 heterocycles. The summed E-state index contributed by atoms with van der Waals surface area (Å²) in [5.74, 6) is 0. The standard InChI is InChI=1S/C74H54N2/c1-73(2)65-21-13-11-19-61(65)63-41-39-57(45-67(63)73)51-27-35-55(36-28-51)69-70(56-37-29-52(30-38-56)58-40-42-64-62-20-12-14-22-66(62)74(3,4)68(64)46-58)76-72-60(54-33-25-50(26-34-54)48-17-9-6-10-18-48)44-43-59(71(72)75-69)53-31-23-49(24-32-53)47-15-7-5-8-16-47/h5-46H,1-4H3. The summed E-state index contributed by atoms with van der Waals surface area (Å²) >= 11 is 0. The van der Waals surface area contributed by atoms with Crippen LogP contribution >= 0.6 is 0 Å². The molecule has 1 aromatic heterocycles. The summed E-state index contributed by atoms with van der Waals surface area (Å²) in [6.45, 7) is 9.39. The van der Waals surface area contributed by atoms with Crippen LogP contribution in [0.1, 0.15) is 49.9 Å². The highest BCUT2D eigenvalue weighted by atomic mass is 14.8. The van der Waals surface area contributed by atoms with Crippen LogP contribution in [-0.4, -0.2) is 9.97 Å². The van der Waals surface area contributed by atoms with E-state index in [1.165, 1.54) is 89.0 Å². The van der Waals surface area contributed by atoms with Gasteiger partial charge in [0.05, 0.1) is 22.4 Å². The molecule has 0 amide bonds. The Balaban J connectivity index is 0.926. The SMILES string of the molecule is CC1(C)c2ccccc2-c2ccc(-c3ccc(-c4nc5c(-c6ccc(-c7ccccc7)cc6)ccc(-c6ccc(-c7ccccc7)cc6)c5nc4-c4ccc(-c5ccc6c(c5)C(C)(C)c5ccccc5-6)cc4)cc3)cc21. The van der Waals surface area contributed by atoms with Crippen molar-refractivity contribution in [2.75, 3.05) is 0 Å². The van der Waals surface area contributed by atoms with Crippen LogP contribution in [0.25, 0.3) is 123 Å². The highest BCUT2D eigenvalue weighted by Gasteiger charge is 2.36. The molecule has 2 aliphatic carbocycles. The van der Waals surface area contributed by atoms with Crippen molar-refractivity contribution in [2.24, 2.45) is 0 Å². The zero-order valence-electron chi connectivity index (χ0n) is 43.1. The zero-order chi connectivity index (χ0) is 51.1. The Labute approximate surface area is 445 Å². The number of rotatable bonds is 8. The molecule has 0 saturated heterocycles. The number of hydrogen-bond acceptors (Lipinski definition) is 2. The smallest absolute Gasteiger partial charge is 0.0979 e. The largest absolute Gasteiger partial charge is 0.243 e. The van der Waals surface area contributed by atoms with Crippen LogP contribution < -0.4 is 0 Å². The monoisotopic (exact) mass is 970 g/mol. The molecule has 12 aromatic rings. The van der Waals surface area contributed by atoms with Crippen molar-refractivity contribution in [2.45, 2.75) is 38.5 Å². The van der Waals surface area contributed by atoms with E-state index in [0.717, 1.165) is 55.8 Å². The van der Waals surface area contributed by atoms with Crippen LogP contribution in [0.2, 0.25) is 0 Å². The molecular formula is C74H54N2. The van der Waals surface area contributed by atoms with E-state index in [4.69, 9.17) is 9.97 Å². The fraction of sp³-hybridized carbons (Fsp3) is 0.0811. The Morgan fingerprint density at radius 1 is 0.211 bits per heavy atom. The number of fused-ring (bicyclic) bond motifs is 7. The molecular weight excluding hydrogens is 917 g/mol. The van der Waals surface area contributed by atoms with E-state index in [9.17, 15) is 0 Å². The van der Waals surface area contributed by atoms with E-state index < -0.39 is 0 Å². The molecule has 0 bridgehead atoms. The maximum Gasteiger partial charge on any atom is 0.0979 e. The average molecular weight is 971 g/mol. The van der Waals surface area contributed by atoms with Crippen LogP contribution in [0.5, 0.6) is 0 Å². The Bertz CT molecular complexity index is 3930. The van der Waals surface area contributed by atoms with Gasteiger partial charge in [0.15, 0.2) is 0 Å². The molecule has 2 aliphatic rings. The van der Waals surface area contributed by atoms with E-state index >= 15 is 0 Å². The van der Waals surface area contributed by atoms with Gasteiger partial charge in [0.1, 0.15) is 0 Å². The van der Waals surface area contributed by atoms with E-state index in [2.05, 4.69) is 282 Å². The molecule has 0 unspecified atom stereocenters. The van der Waals surface area contributed by atoms with Gasteiger partial charge in [-0.15, -0.1) is 0 Å². The summed E-state index contributed by atoms with van der Waals surface area (Å²) in [6, 6.07) is 93.0. The van der Waals surface area contributed by atoms with E-state index in [1.54, 1.807) is 0 Å². The molecule has 0 atom stereocenters. The molecule has 76 heavy (non-hydrogen) atoms. The number of nitrogens with zero attached hydrogens (tertiary/aromatic N) is 2. The highest BCUT2D eigenvalue weighted by molar-refractivity contribution is 6.03. The van der Waals surface area contributed by atoms with Gasteiger partial charge in [0, 0.05) is 33.1 Å². The van der Waals surface area contributed by atoms with Gasteiger partial charge < -0.3 is 0 Å². The molecule has 2 heteroatoms. The average Bonchev–Trinajstić information content (AvgIpc) is 3.97. The maximum atomic E-state index is 5.81. The van der Waals surface area contributed by atoms with Crippen LogP contribution in [0.15, 0.2) is 255 Å². The van der Waals surface area contributed by atoms with Gasteiger partial charge in [0.2, 0.25) is 0 Å². The summed E-state index contributed by atoms with van der Waals surface area (Å²) in [7, 11) is 0. The summed E-state index contributed by atoms with van der Waals surface area (Å²) in [5.41, 5.74) is 29.8. The topological polar surface area (TPSA) is 25.8 Å². The van der Waals surface area contributed by atoms with Gasteiger partial charge in [-0.1, -0.05) is 270 Å². The van der Waals surface area contributed by atoms with Crippen molar-refractivity contribution < 1.29 is 0 Å². The van der Waals surface area contributed by atoms with Gasteiger partial charge in [-0.3, -0.25) is 0 Å². The van der Waals surface area contributed by atoms with Crippen molar-refractivity contribution in [1.82, 2.24) is 9.97 Å². The summed E-state index contributed by atoms with van der Waals surface area (Å²) in [5, 5.41) is 0. The van der Waals surface area contributed by atoms with Crippen molar-refractivity contribution in [3.63, 3.8) is 0 Å². The Morgan fingerprint density at radius 3 is 0.855 bits per heavy atom. The van der Waals surface area contributed by atoms with Crippen molar-refractivity contribution in [3.8, 4) is 112 Å². The first kappa shape index (κ1) is 45.4. The van der Waals surface area contributed by atoms with Crippen molar-refractivity contribution in [1.29, 1.82) is 0 Å². The molecule has 0 N–H and O–H groups in total. The third-order valence-electron chi connectivity index (χ3n) is 16.6. The number of hydrogen-bond donors (Lipinski definition) is 0.